The van der Waals surface area contributed by atoms with Gasteiger partial charge in [-0.25, -0.2) is 13.4 Å². The third-order valence-corrected chi connectivity index (χ3v) is 6.00. The Morgan fingerprint density at radius 3 is 2.42 bits per heavy atom. The number of hydrogen-bond donors (Lipinski definition) is 0. The molecule has 2 rings (SSSR count). The molecule has 0 aliphatic carbocycles. The van der Waals surface area contributed by atoms with Gasteiger partial charge in [0.05, 0.1) is 16.6 Å². The number of hydrogen-bond acceptors (Lipinski definition) is 4. The summed E-state index contributed by atoms with van der Waals surface area (Å²) in [6, 6.07) is 3.49. The van der Waals surface area contributed by atoms with Gasteiger partial charge in [-0.05, 0) is 45.2 Å². The average molecular weight is 282 g/mol. The van der Waals surface area contributed by atoms with E-state index < -0.39 is 14.6 Å². The largest absolute Gasteiger partial charge is 0.370 e. The van der Waals surface area contributed by atoms with Gasteiger partial charge in [0, 0.05) is 13.1 Å². The first-order valence-electron chi connectivity index (χ1n) is 6.67. The number of aromatic nitrogens is 1. The molecular weight excluding hydrogens is 260 g/mol. The molecule has 106 valence electrons. The molecule has 0 bridgehead atoms. The van der Waals surface area contributed by atoms with Crippen LogP contribution >= 0.6 is 0 Å². The lowest BCUT2D eigenvalue weighted by molar-refractivity contribution is 0.556. The summed E-state index contributed by atoms with van der Waals surface area (Å²) in [6.07, 6.45) is 2.86. The van der Waals surface area contributed by atoms with Crippen molar-refractivity contribution in [2.24, 2.45) is 5.92 Å². The lowest BCUT2D eigenvalue weighted by atomic mass is 10.2. The van der Waals surface area contributed by atoms with Crippen LogP contribution in [0.25, 0.3) is 0 Å². The number of pyridine rings is 1. The van der Waals surface area contributed by atoms with E-state index in [2.05, 4.69) is 16.8 Å². The molecule has 4 nitrogen and oxygen atoms in total. The minimum absolute atomic E-state index is 0.163. The zero-order chi connectivity index (χ0) is 14.3. The second kappa shape index (κ2) is 4.78. The van der Waals surface area contributed by atoms with Gasteiger partial charge in [-0.3, -0.25) is 0 Å². The Morgan fingerprint density at radius 1 is 1.32 bits per heavy atom. The Balaban J connectivity index is 2.24. The second-order valence-corrected chi connectivity index (χ2v) is 8.96. The molecule has 1 aliphatic rings. The van der Waals surface area contributed by atoms with Crippen LogP contribution in [0.2, 0.25) is 0 Å². The Kier molecular flexibility index (Phi) is 3.60. The second-order valence-electron chi connectivity index (χ2n) is 6.31. The number of sulfone groups is 1. The van der Waals surface area contributed by atoms with Crippen LogP contribution in [-0.2, 0) is 9.84 Å². The molecule has 0 amide bonds. The zero-order valence-electron chi connectivity index (χ0n) is 12.0. The summed E-state index contributed by atoms with van der Waals surface area (Å²) in [4.78, 5) is 6.41. The lowest BCUT2D eigenvalue weighted by Gasteiger charge is -2.20. The smallest absolute Gasteiger partial charge is 0.200 e. The molecule has 1 aliphatic heterocycles. The fourth-order valence-corrected chi connectivity index (χ4v) is 3.27. The average Bonchev–Trinajstić information content (AvgIpc) is 2.74. The van der Waals surface area contributed by atoms with Crippen molar-refractivity contribution in [1.82, 2.24) is 4.98 Å². The van der Waals surface area contributed by atoms with Crippen molar-refractivity contribution in [3.63, 3.8) is 0 Å². The minimum Gasteiger partial charge on any atom is -0.370 e. The van der Waals surface area contributed by atoms with Gasteiger partial charge in [0.25, 0.3) is 0 Å². The van der Waals surface area contributed by atoms with Gasteiger partial charge in [-0.1, -0.05) is 6.92 Å². The number of rotatable bonds is 2. The van der Waals surface area contributed by atoms with Gasteiger partial charge in [0.15, 0.2) is 14.9 Å². The van der Waals surface area contributed by atoms with Crippen molar-refractivity contribution in [3.05, 3.63) is 18.3 Å². The molecule has 1 unspecified atom stereocenters. The van der Waals surface area contributed by atoms with Crippen LogP contribution in [0.4, 0.5) is 5.69 Å². The normalized spacial score (nSPS) is 20.8. The molecule has 0 N–H and O–H groups in total. The van der Waals surface area contributed by atoms with Crippen molar-refractivity contribution in [2.45, 2.75) is 43.9 Å². The molecule has 19 heavy (non-hydrogen) atoms. The van der Waals surface area contributed by atoms with Crippen LogP contribution in [0.5, 0.6) is 0 Å². The van der Waals surface area contributed by atoms with Crippen LogP contribution in [-0.4, -0.2) is 31.2 Å². The van der Waals surface area contributed by atoms with Gasteiger partial charge < -0.3 is 4.90 Å². The van der Waals surface area contributed by atoms with Crippen molar-refractivity contribution >= 4 is 15.5 Å². The van der Waals surface area contributed by atoms with Gasteiger partial charge in [-0.15, -0.1) is 0 Å². The fourth-order valence-electron chi connectivity index (χ4n) is 2.20. The van der Waals surface area contributed by atoms with Crippen molar-refractivity contribution in [2.75, 3.05) is 18.0 Å². The fraction of sp³-hybridized carbons (Fsp3) is 0.643. The first kappa shape index (κ1) is 14.3. The predicted molar refractivity (Wildman–Crippen MR) is 77.2 cm³/mol. The third-order valence-electron chi connectivity index (χ3n) is 3.59. The molecule has 2 heterocycles. The molecule has 0 spiro atoms. The van der Waals surface area contributed by atoms with E-state index in [9.17, 15) is 8.42 Å². The summed E-state index contributed by atoms with van der Waals surface area (Å²) >= 11 is 0. The first-order valence-corrected chi connectivity index (χ1v) is 8.16. The van der Waals surface area contributed by atoms with E-state index in [-0.39, 0.29) is 5.03 Å². The highest BCUT2D eigenvalue weighted by Crippen LogP contribution is 2.26. The summed E-state index contributed by atoms with van der Waals surface area (Å²) in [7, 11) is -3.36. The molecule has 1 atom stereocenters. The van der Waals surface area contributed by atoms with E-state index >= 15 is 0 Å². The Bertz CT molecular complexity index is 544. The van der Waals surface area contributed by atoms with E-state index in [4.69, 9.17) is 0 Å². The Labute approximate surface area is 115 Å². The van der Waals surface area contributed by atoms with Crippen molar-refractivity contribution in [3.8, 4) is 0 Å². The van der Waals surface area contributed by atoms with Crippen LogP contribution in [0.1, 0.15) is 34.1 Å². The van der Waals surface area contributed by atoms with Gasteiger partial charge in [0.1, 0.15) is 0 Å². The van der Waals surface area contributed by atoms with Crippen LogP contribution < -0.4 is 4.90 Å². The summed E-state index contributed by atoms with van der Waals surface area (Å²) in [5.74, 6) is 0.693. The van der Waals surface area contributed by atoms with Gasteiger partial charge in [0.2, 0.25) is 0 Å². The highest BCUT2D eigenvalue weighted by Gasteiger charge is 2.32. The number of nitrogens with zero attached hydrogens (tertiary/aromatic N) is 2. The van der Waals surface area contributed by atoms with Crippen molar-refractivity contribution in [1.29, 1.82) is 0 Å². The SMILES string of the molecule is CC1CCN(c2ccc(S(=O)(=O)C(C)(C)C)nc2)C1. The van der Waals surface area contributed by atoms with E-state index in [1.807, 2.05) is 6.07 Å². The summed E-state index contributed by atoms with van der Waals surface area (Å²) < 4.78 is 23.7. The molecular formula is C14H22N2O2S. The van der Waals surface area contributed by atoms with E-state index in [0.29, 0.717) is 5.92 Å². The molecule has 1 aromatic heterocycles. The van der Waals surface area contributed by atoms with E-state index in [0.717, 1.165) is 18.8 Å². The molecule has 0 saturated carbocycles. The van der Waals surface area contributed by atoms with Crippen LogP contribution in [0.15, 0.2) is 23.4 Å². The Hall–Kier alpha value is -1.10. The Morgan fingerprint density at radius 2 is 2.00 bits per heavy atom. The molecule has 5 heteroatoms. The minimum atomic E-state index is -3.36. The first-order chi connectivity index (χ1) is 8.72. The maximum absolute atomic E-state index is 12.3. The number of anilines is 1. The van der Waals surface area contributed by atoms with E-state index in [1.54, 1.807) is 33.0 Å². The van der Waals surface area contributed by atoms with Gasteiger partial charge in [-0.2, -0.15) is 0 Å². The predicted octanol–water partition coefficient (Wildman–Crippen LogP) is 2.50. The molecule has 1 saturated heterocycles. The molecule has 0 aromatic carbocycles. The molecule has 1 aromatic rings. The zero-order valence-corrected chi connectivity index (χ0v) is 12.9. The maximum atomic E-state index is 12.3. The standard InChI is InChI=1S/C14H22N2O2S/c1-11-7-8-16(10-11)12-5-6-13(15-9-12)19(17,18)14(2,3)4/h5-6,9,11H,7-8,10H2,1-4H3. The van der Waals surface area contributed by atoms with E-state index in [1.165, 1.54) is 6.42 Å². The third kappa shape index (κ3) is 2.76. The summed E-state index contributed by atoms with van der Waals surface area (Å²) in [5, 5.41) is 0.163. The quantitative estimate of drug-likeness (QED) is 0.836. The lowest BCUT2D eigenvalue weighted by Crippen LogP contribution is -2.28. The van der Waals surface area contributed by atoms with Crippen molar-refractivity contribution < 1.29 is 8.42 Å². The summed E-state index contributed by atoms with van der Waals surface area (Å²) in [6.45, 7) is 9.35. The highest BCUT2D eigenvalue weighted by atomic mass is 32.2. The van der Waals surface area contributed by atoms with Crippen LogP contribution in [0, 0.1) is 5.92 Å². The molecule has 0 radical (unpaired) electrons. The maximum Gasteiger partial charge on any atom is 0.200 e. The highest BCUT2D eigenvalue weighted by molar-refractivity contribution is 7.92. The topological polar surface area (TPSA) is 50.3 Å². The van der Waals surface area contributed by atoms with Gasteiger partial charge >= 0.3 is 0 Å². The summed E-state index contributed by atoms with van der Waals surface area (Å²) in [5.41, 5.74) is 1.01. The van der Waals surface area contributed by atoms with Crippen LogP contribution in [0.3, 0.4) is 0 Å². The monoisotopic (exact) mass is 282 g/mol. The molecule has 1 fully saturated rings.